The number of hydrogen-bond donors (Lipinski definition) is 1. The lowest BCUT2D eigenvalue weighted by Gasteiger charge is -2.24. The van der Waals surface area contributed by atoms with Gasteiger partial charge in [-0.15, -0.1) is 5.10 Å². The van der Waals surface area contributed by atoms with Gasteiger partial charge < -0.3 is 10.2 Å². The molecule has 114 valence electrons. The van der Waals surface area contributed by atoms with Gasteiger partial charge in [-0.2, -0.15) is 4.98 Å². The first-order valence-corrected chi connectivity index (χ1v) is 8.08. The van der Waals surface area contributed by atoms with Crippen molar-refractivity contribution < 1.29 is 0 Å². The van der Waals surface area contributed by atoms with Crippen LogP contribution in [-0.2, 0) is 0 Å². The minimum atomic E-state index is 0.578. The summed E-state index contributed by atoms with van der Waals surface area (Å²) in [7, 11) is 0. The Bertz CT molecular complexity index is 585. The van der Waals surface area contributed by atoms with Gasteiger partial charge in [0.15, 0.2) is 5.65 Å². The molecule has 5 heteroatoms. The van der Waals surface area contributed by atoms with Crippen LogP contribution < -0.4 is 10.2 Å². The van der Waals surface area contributed by atoms with Crippen molar-refractivity contribution in [2.45, 2.75) is 45.6 Å². The van der Waals surface area contributed by atoms with Gasteiger partial charge in [0.2, 0.25) is 5.95 Å². The molecule has 0 radical (unpaired) electrons. The largest absolute Gasteiger partial charge is 0.338 e. The molecule has 2 aromatic heterocycles. The average molecular weight is 287 g/mol. The van der Waals surface area contributed by atoms with Crippen molar-refractivity contribution in [3.8, 4) is 0 Å². The predicted molar refractivity (Wildman–Crippen MR) is 85.9 cm³/mol. The molecule has 0 spiro atoms. The Morgan fingerprint density at radius 2 is 2.38 bits per heavy atom. The highest BCUT2D eigenvalue weighted by Gasteiger charge is 2.20. The van der Waals surface area contributed by atoms with Crippen LogP contribution in [0.1, 0.15) is 38.2 Å². The summed E-state index contributed by atoms with van der Waals surface area (Å²) in [5, 5.41) is 8.25. The second kappa shape index (κ2) is 6.43. The number of unbranched alkanes of at least 4 members (excludes halogenated alkanes) is 1. The van der Waals surface area contributed by atoms with Gasteiger partial charge in [0.05, 0.1) is 0 Å². The van der Waals surface area contributed by atoms with Crippen molar-refractivity contribution in [1.29, 1.82) is 0 Å². The Kier molecular flexibility index (Phi) is 4.39. The van der Waals surface area contributed by atoms with Gasteiger partial charge in [0.25, 0.3) is 0 Å². The van der Waals surface area contributed by atoms with E-state index in [1.807, 2.05) is 16.8 Å². The highest BCUT2D eigenvalue weighted by molar-refractivity contribution is 5.50. The smallest absolute Gasteiger partial charge is 0.245 e. The lowest BCUT2D eigenvalue weighted by atomic mass is 10.2. The van der Waals surface area contributed by atoms with Crippen LogP contribution in [0.3, 0.4) is 0 Å². The van der Waals surface area contributed by atoms with Gasteiger partial charge in [0, 0.05) is 25.3 Å². The summed E-state index contributed by atoms with van der Waals surface area (Å²) in [5.74, 6) is 0.867. The van der Waals surface area contributed by atoms with E-state index < -0.39 is 0 Å². The van der Waals surface area contributed by atoms with Crippen LogP contribution in [0, 0.1) is 6.92 Å². The molecule has 3 heterocycles. The zero-order chi connectivity index (χ0) is 14.7. The molecule has 1 N–H and O–H groups in total. The fraction of sp³-hybridized carbons (Fsp3) is 0.625. The third kappa shape index (κ3) is 3.18. The van der Waals surface area contributed by atoms with Crippen molar-refractivity contribution in [2.75, 3.05) is 24.5 Å². The van der Waals surface area contributed by atoms with E-state index in [-0.39, 0.29) is 0 Å². The van der Waals surface area contributed by atoms with E-state index in [1.54, 1.807) is 0 Å². The molecule has 1 aliphatic heterocycles. The molecular weight excluding hydrogens is 262 g/mol. The number of anilines is 1. The molecule has 0 aromatic carbocycles. The molecule has 0 bridgehead atoms. The molecule has 1 fully saturated rings. The monoisotopic (exact) mass is 287 g/mol. The van der Waals surface area contributed by atoms with Crippen LogP contribution in [-0.4, -0.2) is 40.3 Å². The van der Waals surface area contributed by atoms with Gasteiger partial charge in [0.1, 0.15) is 0 Å². The van der Waals surface area contributed by atoms with Crippen LogP contribution in [0.15, 0.2) is 18.3 Å². The Labute approximate surface area is 126 Å². The van der Waals surface area contributed by atoms with E-state index in [9.17, 15) is 0 Å². The molecule has 5 nitrogen and oxygen atoms in total. The van der Waals surface area contributed by atoms with Crippen molar-refractivity contribution in [2.24, 2.45) is 0 Å². The van der Waals surface area contributed by atoms with Gasteiger partial charge >= 0.3 is 0 Å². The van der Waals surface area contributed by atoms with Crippen LogP contribution in [0.25, 0.3) is 5.65 Å². The number of nitrogens with zero attached hydrogens (tertiary/aromatic N) is 4. The Balaban J connectivity index is 1.83. The molecule has 0 amide bonds. The van der Waals surface area contributed by atoms with Gasteiger partial charge in [-0.3, -0.25) is 0 Å². The van der Waals surface area contributed by atoms with Crippen LogP contribution in [0.4, 0.5) is 5.95 Å². The van der Waals surface area contributed by atoms with E-state index in [0.717, 1.165) is 31.2 Å². The molecule has 3 rings (SSSR count). The molecule has 1 atom stereocenters. The summed E-state index contributed by atoms with van der Waals surface area (Å²) in [5.41, 5.74) is 2.14. The maximum atomic E-state index is 4.76. The van der Waals surface area contributed by atoms with Crippen molar-refractivity contribution in [3.05, 3.63) is 23.9 Å². The minimum Gasteiger partial charge on any atom is -0.338 e. The zero-order valence-corrected chi connectivity index (χ0v) is 13.0. The fourth-order valence-electron chi connectivity index (χ4n) is 2.96. The first-order chi connectivity index (χ1) is 10.3. The second-order valence-electron chi connectivity index (χ2n) is 5.96. The summed E-state index contributed by atoms with van der Waals surface area (Å²) < 4.78 is 1.89. The normalized spacial score (nSPS) is 18.5. The van der Waals surface area contributed by atoms with Crippen molar-refractivity contribution in [3.63, 3.8) is 0 Å². The second-order valence-corrected chi connectivity index (χ2v) is 5.96. The number of rotatable bonds is 6. The van der Waals surface area contributed by atoms with Crippen LogP contribution in [0.5, 0.6) is 0 Å². The zero-order valence-electron chi connectivity index (χ0n) is 13.0. The lowest BCUT2D eigenvalue weighted by Crippen LogP contribution is -2.38. The number of nitrogens with one attached hydrogen (secondary N) is 1. The first kappa shape index (κ1) is 14.3. The molecule has 0 aliphatic carbocycles. The summed E-state index contributed by atoms with van der Waals surface area (Å²) in [4.78, 5) is 7.10. The number of aromatic nitrogens is 3. The maximum absolute atomic E-state index is 4.76. The highest BCUT2D eigenvalue weighted by atomic mass is 15.4. The predicted octanol–water partition coefficient (Wildman–Crippen LogP) is 2.40. The molecule has 2 aromatic rings. The van der Waals surface area contributed by atoms with Crippen LogP contribution >= 0.6 is 0 Å². The number of pyridine rings is 1. The third-order valence-corrected chi connectivity index (χ3v) is 4.21. The molecule has 1 saturated heterocycles. The number of fused-ring (bicyclic) bond motifs is 1. The Morgan fingerprint density at radius 3 is 3.10 bits per heavy atom. The van der Waals surface area contributed by atoms with E-state index in [2.05, 4.69) is 35.2 Å². The van der Waals surface area contributed by atoms with E-state index >= 15 is 0 Å². The molecule has 1 unspecified atom stereocenters. The number of aryl methyl sites for hydroxylation is 1. The van der Waals surface area contributed by atoms with E-state index in [0.29, 0.717) is 6.04 Å². The minimum absolute atomic E-state index is 0.578. The fourth-order valence-corrected chi connectivity index (χ4v) is 2.96. The van der Waals surface area contributed by atoms with Gasteiger partial charge in [-0.05, 0) is 44.4 Å². The molecule has 1 aliphatic rings. The summed E-state index contributed by atoms with van der Waals surface area (Å²) >= 11 is 0. The molecule has 21 heavy (non-hydrogen) atoms. The van der Waals surface area contributed by atoms with Gasteiger partial charge in [-0.1, -0.05) is 19.4 Å². The van der Waals surface area contributed by atoms with Gasteiger partial charge in [-0.25, -0.2) is 4.52 Å². The summed E-state index contributed by atoms with van der Waals surface area (Å²) in [6.07, 6.45) is 6.89. The number of hydrogen-bond acceptors (Lipinski definition) is 4. The summed E-state index contributed by atoms with van der Waals surface area (Å²) in [6.45, 7) is 7.50. The van der Waals surface area contributed by atoms with E-state index in [1.165, 1.54) is 31.2 Å². The Hall–Kier alpha value is -1.62. The van der Waals surface area contributed by atoms with E-state index in [4.69, 9.17) is 4.98 Å². The van der Waals surface area contributed by atoms with Crippen molar-refractivity contribution >= 4 is 11.6 Å². The summed E-state index contributed by atoms with van der Waals surface area (Å²) in [6, 6.07) is 4.69. The Morgan fingerprint density at radius 1 is 1.48 bits per heavy atom. The lowest BCUT2D eigenvalue weighted by molar-refractivity contribution is 0.565. The topological polar surface area (TPSA) is 45.5 Å². The average Bonchev–Trinajstić information content (AvgIpc) is 3.13. The molecule has 0 saturated carbocycles. The highest BCUT2D eigenvalue weighted by Crippen LogP contribution is 2.16. The van der Waals surface area contributed by atoms with Crippen molar-refractivity contribution in [1.82, 2.24) is 19.9 Å². The standard InChI is InChI=1S/C16H25N5/c1-3-4-10-20(12-14-8-5-9-17-14)16-18-15-13(2)7-6-11-21(15)19-16/h6-7,11,14,17H,3-5,8-10,12H2,1-2H3. The van der Waals surface area contributed by atoms with Crippen LogP contribution in [0.2, 0.25) is 0 Å². The molecular formula is C16H25N5. The maximum Gasteiger partial charge on any atom is 0.245 e. The quantitative estimate of drug-likeness (QED) is 0.886. The SMILES string of the molecule is CCCCN(CC1CCCN1)c1nc2c(C)cccn2n1. The first-order valence-electron chi connectivity index (χ1n) is 8.08. The third-order valence-electron chi connectivity index (χ3n) is 4.21.